The molecule has 0 aliphatic carbocycles. The molecule has 5 nitrogen and oxygen atoms in total. The van der Waals surface area contributed by atoms with Crippen molar-refractivity contribution >= 4 is 11.9 Å². The monoisotopic (exact) mass is 203 g/mol. The largest absolute Gasteiger partial charge is 0.480 e. The number of carboxylic acids is 1. The number of likely N-dealkylation sites (N-methyl/N-ethyl adjacent to an activating group) is 1. The molecular weight excluding hydrogens is 186 g/mol. The summed E-state index contributed by atoms with van der Waals surface area (Å²) >= 11 is 0. The van der Waals surface area contributed by atoms with Crippen molar-refractivity contribution in [3.8, 4) is 0 Å². The van der Waals surface area contributed by atoms with E-state index in [1.54, 1.807) is 27.7 Å². The summed E-state index contributed by atoms with van der Waals surface area (Å²) < 4.78 is 4.93. The van der Waals surface area contributed by atoms with E-state index in [0.29, 0.717) is 6.54 Å². The molecule has 0 aromatic rings. The van der Waals surface area contributed by atoms with Gasteiger partial charge in [-0.1, -0.05) is 6.92 Å². The van der Waals surface area contributed by atoms with Crippen molar-refractivity contribution in [1.29, 1.82) is 0 Å². The van der Waals surface area contributed by atoms with Crippen LogP contribution in [0.25, 0.3) is 0 Å². The fourth-order valence-electron chi connectivity index (χ4n) is 0.836. The minimum atomic E-state index is -1.28. The molecule has 14 heavy (non-hydrogen) atoms. The average molecular weight is 203 g/mol. The summed E-state index contributed by atoms with van der Waals surface area (Å²) in [4.78, 5) is 22.0. The smallest absolute Gasteiger partial charge is 0.335 e. The summed E-state index contributed by atoms with van der Waals surface area (Å²) in [6.45, 7) is 7.19. The van der Waals surface area contributed by atoms with Crippen molar-refractivity contribution in [2.24, 2.45) is 0 Å². The summed E-state index contributed by atoms with van der Waals surface area (Å²) in [6.07, 6.45) is 0. The van der Waals surface area contributed by atoms with Crippen molar-refractivity contribution < 1.29 is 19.4 Å². The minimum Gasteiger partial charge on any atom is -0.480 e. The molecule has 0 aliphatic rings. The van der Waals surface area contributed by atoms with Crippen LogP contribution in [0.4, 0.5) is 0 Å². The quantitative estimate of drug-likeness (QED) is 0.510. The zero-order valence-corrected chi connectivity index (χ0v) is 8.96. The maximum atomic E-state index is 11.3. The summed E-state index contributed by atoms with van der Waals surface area (Å²) in [7, 11) is 0. The Balaban J connectivity index is 4.38. The van der Waals surface area contributed by atoms with Gasteiger partial charge in [0.2, 0.25) is 6.04 Å². The maximum Gasteiger partial charge on any atom is 0.335 e. The van der Waals surface area contributed by atoms with Crippen LogP contribution in [-0.4, -0.2) is 35.2 Å². The van der Waals surface area contributed by atoms with Crippen molar-refractivity contribution in [2.45, 2.75) is 39.3 Å². The number of hydrogen-bond donors (Lipinski definition) is 2. The third-order valence-corrected chi connectivity index (χ3v) is 1.30. The van der Waals surface area contributed by atoms with Gasteiger partial charge in [0.25, 0.3) is 0 Å². The summed E-state index contributed by atoms with van der Waals surface area (Å²) in [5, 5.41) is 11.2. The molecule has 2 N–H and O–H groups in total. The zero-order chi connectivity index (χ0) is 11.4. The van der Waals surface area contributed by atoms with Crippen LogP contribution >= 0.6 is 0 Å². The Kier molecular flexibility index (Phi) is 4.56. The molecule has 0 saturated carbocycles. The molecule has 0 bridgehead atoms. The third-order valence-electron chi connectivity index (χ3n) is 1.30. The molecule has 0 heterocycles. The van der Waals surface area contributed by atoms with Crippen molar-refractivity contribution in [1.82, 2.24) is 5.32 Å². The fourth-order valence-corrected chi connectivity index (χ4v) is 0.836. The molecule has 0 saturated heterocycles. The van der Waals surface area contributed by atoms with E-state index >= 15 is 0 Å². The first-order chi connectivity index (χ1) is 6.28. The van der Waals surface area contributed by atoms with Crippen LogP contribution < -0.4 is 5.32 Å². The van der Waals surface area contributed by atoms with Gasteiger partial charge < -0.3 is 9.84 Å². The molecule has 0 aromatic heterocycles. The Morgan fingerprint density at radius 1 is 1.43 bits per heavy atom. The summed E-state index contributed by atoms with van der Waals surface area (Å²) in [5.41, 5.74) is -0.666. The second-order valence-corrected chi connectivity index (χ2v) is 3.86. The number of nitrogens with one attached hydrogen (secondary N) is 1. The summed E-state index contributed by atoms with van der Waals surface area (Å²) in [6, 6.07) is -1.28. The number of rotatable bonds is 4. The topological polar surface area (TPSA) is 75.6 Å². The van der Waals surface area contributed by atoms with E-state index in [9.17, 15) is 9.59 Å². The molecule has 0 spiro atoms. The molecule has 5 heteroatoms. The Labute approximate surface area is 83.4 Å². The Bertz CT molecular complexity index is 219. The molecule has 0 aromatic carbocycles. The van der Waals surface area contributed by atoms with E-state index in [0.717, 1.165) is 0 Å². The van der Waals surface area contributed by atoms with E-state index in [2.05, 4.69) is 5.32 Å². The molecule has 0 fully saturated rings. The lowest BCUT2D eigenvalue weighted by molar-refractivity contribution is -0.163. The third kappa shape index (κ3) is 4.81. The Morgan fingerprint density at radius 3 is 2.21 bits per heavy atom. The molecule has 0 aliphatic heterocycles. The minimum absolute atomic E-state index is 0.399. The molecular formula is C9H17NO4. The second-order valence-electron chi connectivity index (χ2n) is 3.86. The van der Waals surface area contributed by atoms with Gasteiger partial charge in [-0.2, -0.15) is 0 Å². The standard InChI is InChI=1S/C9H17NO4/c1-5-10-6(7(11)12)8(13)14-9(2,3)4/h6,10H,5H2,1-4H3,(H,11,12). The predicted octanol–water partition coefficient (Wildman–Crippen LogP) is 0.391. The predicted molar refractivity (Wildman–Crippen MR) is 50.9 cm³/mol. The number of aliphatic carboxylic acids is 1. The number of hydrogen-bond acceptors (Lipinski definition) is 4. The number of esters is 1. The lowest BCUT2D eigenvalue weighted by Gasteiger charge is -2.22. The van der Waals surface area contributed by atoms with Crippen LogP contribution in [0.5, 0.6) is 0 Å². The van der Waals surface area contributed by atoms with Crippen LogP contribution in [0.2, 0.25) is 0 Å². The number of ether oxygens (including phenoxy) is 1. The normalized spacial score (nSPS) is 13.4. The van der Waals surface area contributed by atoms with Gasteiger partial charge in [-0.25, -0.2) is 9.59 Å². The van der Waals surface area contributed by atoms with Gasteiger partial charge >= 0.3 is 11.9 Å². The van der Waals surface area contributed by atoms with E-state index in [1.807, 2.05) is 0 Å². The average Bonchev–Trinajstić information content (AvgIpc) is 1.95. The van der Waals surface area contributed by atoms with E-state index < -0.39 is 23.6 Å². The van der Waals surface area contributed by atoms with Gasteiger partial charge in [-0.3, -0.25) is 5.32 Å². The van der Waals surface area contributed by atoms with Gasteiger partial charge in [0.05, 0.1) is 0 Å². The van der Waals surface area contributed by atoms with E-state index in [1.165, 1.54) is 0 Å². The Morgan fingerprint density at radius 2 is 1.93 bits per heavy atom. The highest BCUT2D eigenvalue weighted by molar-refractivity contribution is 5.98. The highest BCUT2D eigenvalue weighted by Gasteiger charge is 2.29. The molecule has 1 atom stereocenters. The first-order valence-corrected chi connectivity index (χ1v) is 4.47. The number of carbonyl (C=O) groups excluding carboxylic acids is 1. The van der Waals surface area contributed by atoms with Gasteiger partial charge in [-0.05, 0) is 27.3 Å². The number of carbonyl (C=O) groups is 2. The first kappa shape index (κ1) is 12.9. The number of carboxylic acid groups (broad SMARTS) is 1. The van der Waals surface area contributed by atoms with Crippen LogP contribution in [-0.2, 0) is 14.3 Å². The van der Waals surface area contributed by atoms with Crippen LogP contribution in [0.3, 0.4) is 0 Å². The highest BCUT2D eigenvalue weighted by atomic mass is 16.6. The lowest BCUT2D eigenvalue weighted by Crippen LogP contribution is -2.46. The van der Waals surface area contributed by atoms with E-state index in [4.69, 9.17) is 9.84 Å². The molecule has 0 radical (unpaired) electrons. The molecule has 0 amide bonds. The fraction of sp³-hybridized carbons (Fsp3) is 0.778. The van der Waals surface area contributed by atoms with Gasteiger partial charge in [-0.15, -0.1) is 0 Å². The summed E-state index contributed by atoms with van der Waals surface area (Å²) in [5.74, 6) is -1.98. The molecule has 82 valence electrons. The van der Waals surface area contributed by atoms with Crippen LogP contribution in [0.15, 0.2) is 0 Å². The van der Waals surface area contributed by atoms with Crippen molar-refractivity contribution in [2.75, 3.05) is 6.54 Å². The van der Waals surface area contributed by atoms with Gasteiger partial charge in [0, 0.05) is 0 Å². The van der Waals surface area contributed by atoms with Crippen LogP contribution in [0, 0.1) is 0 Å². The zero-order valence-electron chi connectivity index (χ0n) is 8.96. The first-order valence-electron chi connectivity index (χ1n) is 4.47. The lowest BCUT2D eigenvalue weighted by atomic mass is 10.2. The van der Waals surface area contributed by atoms with Gasteiger partial charge in [0.15, 0.2) is 0 Å². The molecule has 0 rings (SSSR count). The SMILES string of the molecule is CCNC(C(=O)O)C(=O)OC(C)(C)C. The highest BCUT2D eigenvalue weighted by Crippen LogP contribution is 2.08. The van der Waals surface area contributed by atoms with Crippen molar-refractivity contribution in [3.05, 3.63) is 0 Å². The van der Waals surface area contributed by atoms with Crippen molar-refractivity contribution in [3.63, 3.8) is 0 Å². The maximum absolute atomic E-state index is 11.3. The van der Waals surface area contributed by atoms with Crippen LogP contribution in [0.1, 0.15) is 27.7 Å². The van der Waals surface area contributed by atoms with Gasteiger partial charge in [0.1, 0.15) is 5.60 Å². The Hall–Kier alpha value is -1.10. The second kappa shape index (κ2) is 4.95. The molecule has 1 unspecified atom stereocenters. The van der Waals surface area contributed by atoms with E-state index in [-0.39, 0.29) is 0 Å².